The number of rotatable bonds is 8. The van der Waals surface area contributed by atoms with Crippen molar-refractivity contribution in [2.75, 3.05) is 12.9 Å². The fraction of sp³-hybridized carbons (Fsp3) is 0.238. The number of nitrogens with zero attached hydrogens (tertiary/aromatic N) is 4. The van der Waals surface area contributed by atoms with Crippen LogP contribution in [0.2, 0.25) is 0 Å². The van der Waals surface area contributed by atoms with Gasteiger partial charge in [-0.1, -0.05) is 41.6 Å². The first kappa shape index (κ1) is 22.8. The van der Waals surface area contributed by atoms with Crippen molar-refractivity contribution in [1.82, 2.24) is 20.2 Å². The molecule has 0 radical (unpaired) electrons. The van der Waals surface area contributed by atoms with Crippen LogP contribution in [0.5, 0.6) is 11.5 Å². The third-order valence-electron chi connectivity index (χ3n) is 4.35. The highest BCUT2D eigenvalue weighted by Gasteiger charge is 2.14. The molecule has 2 N–H and O–H groups in total. The average molecular weight is 504 g/mol. The fourth-order valence-corrected chi connectivity index (χ4v) is 4.02. The van der Waals surface area contributed by atoms with Crippen molar-refractivity contribution in [1.29, 1.82) is 0 Å². The minimum atomic E-state index is -0.270. The maximum Gasteiger partial charge on any atom is 0.250 e. The molecule has 0 bridgehead atoms. The van der Waals surface area contributed by atoms with Crippen molar-refractivity contribution in [3.63, 3.8) is 0 Å². The molecule has 2 aromatic carbocycles. The van der Waals surface area contributed by atoms with Crippen LogP contribution in [0.1, 0.15) is 18.1 Å². The van der Waals surface area contributed by atoms with Gasteiger partial charge >= 0.3 is 0 Å². The zero-order valence-corrected chi connectivity index (χ0v) is 19.7. The largest absolute Gasteiger partial charge is 0.503 e. The number of methoxy groups -OCH3 is 1. The minimum absolute atomic E-state index is 0.00475. The summed E-state index contributed by atoms with van der Waals surface area (Å²) in [5.41, 5.74) is 5.30. The molecule has 3 aromatic rings. The number of amides is 1. The van der Waals surface area contributed by atoms with E-state index in [4.69, 9.17) is 4.74 Å². The first-order valence-corrected chi connectivity index (χ1v) is 11.2. The Morgan fingerprint density at radius 3 is 2.74 bits per heavy atom. The maximum absolute atomic E-state index is 12.2. The molecule has 0 aliphatic heterocycles. The van der Waals surface area contributed by atoms with Crippen molar-refractivity contribution in [3.05, 3.63) is 52.0 Å². The zero-order valence-electron chi connectivity index (χ0n) is 17.3. The summed E-state index contributed by atoms with van der Waals surface area (Å²) < 4.78 is 7.54. The number of phenolic OH excluding ortho intramolecular Hbond substituents is 1. The lowest BCUT2D eigenvalue weighted by Gasteiger charge is -2.07. The van der Waals surface area contributed by atoms with Crippen LogP contribution in [0.3, 0.4) is 0 Å². The number of carbonyl (C=O) groups is 1. The van der Waals surface area contributed by atoms with Gasteiger partial charge in [0.05, 0.1) is 23.5 Å². The summed E-state index contributed by atoms with van der Waals surface area (Å²) in [6, 6.07) is 11.4. The number of thioether (sulfide) groups is 1. The van der Waals surface area contributed by atoms with Crippen LogP contribution in [0.4, 0.5) is 0 Å². The van der Waals surface area contributed by atoms with E-state index in [1.165, 1.54) is 30.6 Å². The van der Waals surface area contributed by atoms with Crippen molar-refractivity contribution >= 4 is 39.8 Å². The third-order valence-corrected chi connectivity index (χ3v) is 5.92. The summed E-state index contributed by atoms with van der Waals surface area (Å²) in [5.74, 6) is 0.960. The zero-order chi connectivity index (χ0) is 22.4. The number of hydrogen-bond acceptors (Lipinski definition) is 7. The van der Waals surface area contributed by atoms with Crippen LogP contribution < -0.4 is 10.2 Å². The van der Waals surface area contributed by atoms with Crippen molar-refractivity contribution in [2.45, 2.75) is 25.5 Å². The number of nitrogens with one attached hydrogen (secondary N) is 1. The Bertz CT molecular complexity index is 1100. The Morgan fingerprint density at radius 2 is 2.06 bits per heavy atom. The smallest absolute Gasteiger partial charge is 0.250 e. The molecule has 0 saturated heterocycles. The molecule has 31 heavy (non-hydrogen) atoms. The molecule has 3 rings (SSSR count). The second-order valence-electron chi connectivity index (χ2n) is 6.55. The lowest BCUT2D eigenvalue weighted by Crippen LogP contribution is -2.20. The summed E-state index contributed by atoms with van der Waals surface area (Å²) in [7, 11) is 1.46. The molecule has 1 amide bonds. The molecule has 1 aromatic heterocycles. The van der Waals surface area contributed by atoms with Crippen LogP contribution in [0.25, 0.3) is 11.4 Å². The lowest BCUT2D eigenvalue weighted by molar-refractivity contribution is -0.118. The van der Waals surface area contributed by atoms with Gasteiger partial charge in [0.15, 0.2) is 22.5 Å². The number of aryl methyl sites for hydroxylation is 1. The molecule has 1 heterocycles. The van der Waals surface area contributed by atoms with E-state index < -0.39 is 0 Å². The van der Waals surface area contributed by atoms with Crippen molar-refractivity contribution in [2.24, 2.45) is 5.10 Å². The summed E-state index contributed by atoms with van der Waals surface area (Å²) in [4.78, 5) is 12.2. The first-order valence-electron chi connectivity index (χ1n) is 9.44. The average Bonchev–Trinajstić information content (AvgIpc) is 3.18. The normalized spacial score (nSPS) is 11.1. The molecule has 0 atom stereocenters. The molecule has 0 saturated carbocycles. The van der Waals surface area contributed by atoms with Gasteiger partial charge in [0, 0.05) is 12.1 Å². The number of carbonyl (C=O) groups excluding carboxylic acids is 1. The highest BCUT2D eigenvalue weighted by Crippen LogP contribution is 2.34. The summed E-state index contributed by atoms with van der Waals surface area (Å²) in [6.45, 7) is 4.74. The van der Waals surface area contributed by atoms with Gasteiger partial charge in [0.2, 0.25) is 0 Å². The highest BCUT2D eigenvalue weighted by atomic mass is 79.9. The maximum atomic E-state index is 12.2. The van der Waals surface area contributed by atoms with Gasteiger partial charge < -0.3 is 14.4 Å². The standard InChI is InChI=1S/C21H22BrN5O3S/c1-4-27-20(15-7-5-13(2)6-8-15)25-26-21(27)31-12-18(28)24-23-11-14-9-16(22)19(29)17(10-14)30-3/h5-11,29H,4,12H2,1-3H3,(H,24,28)/b23-11+. The molecule has 162 valence electrons. The number of hydrogen-bond donors (Lipinski definition) is 2. The second-order valence-corrected chi connectivity index (χ2v) is 8.35. The van der Waals surface area contributed by atoms with E-state index >= 15 is 0 Å². The molecule has 0 spiro atoms. The Kier molecular flexibility index (Phi) is 7.69. The Morgan fingerprint density at radius 1 is 1.32 bits per heavy atom. The van der Waals surface area contributed by atoms with Crippen LogP contribution in [0.15, 0.2) is 51.1 Å². The predicted molar refractivity (Wildman–Crippen MR) is 125 cm³/mol. The summed E-state index contributed by atoms with van der Waals surface area (Å²) in [6.07, 6.45) is 1.47. The number of aromatic nitrogens is 3. The number of halogens is 1. The van der Waals surface area contributed by atoms with Gasteiger partial charge in [-0.15, -0.1) is 10.2 Å². The molecule has 0 aliphatic rings. The number of phenols is 1. The van der Waals surface area contributed by atoms with Gasteiger partial charge in [-0.2, -0.15) is 5.10 Å². The quantitative estimate of drug-likeness (QED) is 0.273. The van der Waals surface area contributed by atoms with E-state index in [9.17, 15) is 9.90 Å². The highest BCUT2D eigenvalue weighted by molar-refractivity contribution is 9.10. The number of benzene rings is 2. The van der Waals surface area contributed by atoms with Crippen molar-refractivity contribution < 1.29 is 14.6 Å². The SMILES string of the molecule is CCn1c(SCC(=O)N/N=C/c2cc(Br)c(O)c(OC)c2)nnc1-c1ccc(C)cc1. The predicted octanol–water partition coefficient (Wildman–Crippen LogP) is 3.99. The molecule has 0 unspecified atom stereocenters. The third kappa shape index (κ3) is 5.65. The Balaban J connectivity index is 1.61. The molecule has 0 aliphatic carbocycles. The van der Waals surface area contributed by atoms with Crippen LogP contribution in [-0.4, -0.2) is 44.9 Å². The fourth-order valence-electron chi connectivity index (χ4n) is 2.76. The van der Waals surface area contributed by atoms with Crippen LogP contribution in [0, 0.1) is 6.92 Å². The topological polar surface area (TPSA) is 102 Å². The Labute approximate surface area is 192 Å². The summed E-state index contributed by atoms with van der Waals surface area (Å²) >= 11 is 4.55. The van der Waals surface area contributed by atoms with E-state index in [2.05, 4.69) is 36.7 Å². The molecule has 0 fully saturated rings. The van der Waals surface area contributed by atoms with Gasteiger partial charge in [0.1, 0.15) is 0 Å². The molecular formula is C21H22BrN5O3S. The van der Waals surface area contributed by atoms with Gasteiger partial charge in [-0.3, -0.25) is 4.79 Å². The van der Waals surface area contributed by atoms with E-state index in [1.807, 2.05) is 42.7 Å². The first-order chi connectivity index (χ1) is 14.9. The van der Waals surface area contributed by atoms with E-state index in [0.29, 0.717) is 27.5 Å². The van der Waals surface area contributed by atoms with Gasteiger partial charge in [-0.25, -0.2) is 5.43 Å². The minimum Gasteiger partial charge on any atom is -0.503 e. The molecule has 10 heteroatoms. The van der Waals surface area contributed by atoms with E-state index in [1.54, 1.807) is 12.1 Å². The summed E-state index contributed by atoms with van der Waals surface area (Å²) in [5, 5.41) is 23.0. The monoisotopic (exact) mass is 503 g/mol. The van der Waals surface area contributed by atoms with E-state index in [0.717, 1.165) is 11.4 Å². The lowest BCUT2D eigenvalue weighted by atomic mass is 10.1. The van der Waals surface area contributed by atoms with Crippen molar-refractivity contribution in [3.8, 4) is 22.9 Å². The molecular weight excluding hydrogens is 482 g/mol. The van der Waals surface area contributed by atoms with Gasteiger partial charge in [-0.05, 0) is 47.5 Å². The van der Waals surface area contributed by atoms with E-state index in [-0.39, 0.29) is 17.4 Å². The Hall–Kier alpha value is -2.85. The molecule has 8 nitrogen and oxygen atoms in total. The van der Waals surface area contributed by atoms with Gasteiger partial charge in [0.25, 0.3) is 5.91 Å². The van der Waals surface area contributed by atoms with Crippen LogP contribution in [-0.2, 0) is 11.3 Å². The number of hydrazone groups is 1. The number of aromatic hydroxyl groups is 1. The second kappa shape index (κ2) is 10.5. The number of ether oxygens (including phenoxy) is 1. The van der Waals surface area contributed by atoms with Crippen LogP contribution >= 0.6 is 27.7 Å².